The van der Waals surface area contributed by atoms with Crippen LogP contribution in [0.3, 0.4) is 0 Å². The molecule has 1 aliphatic heterocycles. The summed E-state index contributed by atoms with van der Waals surface area (Å²) in [6.07, 6.45) is 7.73. The van der Waals surface area contributed by atoms with Gasteiger partial charge in [-0.2, -0.15) is 0 Å². The van der Waals surface area contributed by atoms with Crippen LogP contribution in [0.5, 0.6) is 0 Å². The van der Waals surface area contributed by atoms with E-state index in [0.29, 0.717) is 5.56 Å². The number of hydrogen-bond acceptors (Lipinski definition) is 4. The summed E-state index contributed by atoms with van der Waals surface area (Å²) in [7, 11) is 0. The summed E-state index contributed by atoms with van der Waals surface area (Å²) >= 11 is 0. The highest BCUT2D eigenvalue weighted by molar-refractivity contribution is 5.97. The van der Waals surface area contributed by atoms with Gasteiger partial charge in [0.15, 0.2) is 0 Å². The number of fused-ring (bicyclic) bond motifs is 1. The number of hydrogen-bond donors (Lipinski definition) is 1. The number of carbonyl (C=O) groups is 1. The highest BCUT2D eigenvalue weighted by Crippen LogP contribution is 2.14. The first-order chi connectivity index (χ1) is 13.8. The topological polar surface area (TPSA) is 58.1 Å². The molecule has 0 bridgehead atoms. The monoisotopic (exact) mass is 374 g/mol. The molecular weight excluding hydrogens is 348 g/mol. The summed E-state index contributed by atoms with van der Waals surface area (Å²) in [4.78, 5) is 23.7. The van der Waals surface area contributed by atoms with Crippen molar-refractivity contribution in [3.8, 4) is 0 Å². The molecule has 1 fully saturated rings. The molecule has 1 unspecified atom stereocenters. The van der Waals surface area contributed by atoms with Gasteiger partial charge in [0.2, 0.25) is 0 Å². The molecule has 1 saturated heterocycles. The zero-order chi connectivity index (χ0) is 19.2. The summed E-state index contributed by atoms with van der Waals surface area (Å²) in [5.74, 6) is -0.0244. The highest BCUT2D eigenvalue weighted by atomic mass is 16.1. The zero-order valence-corrected chi connectivity index (χ0v) is 16.1. The van der Waals surface area contributed by atoms with E-state index in [0.717, 1.165) is 56.4 Å². The van der Waals surface area contributed by atoms with E-state index in [1.807, 2.05) is 18.2 Å². The van der Waals surface area contributed by atoms with Crippen LogP contribution in [0.1, 0.15) is 35.2 Å². The molecule has 4 rings (SSSR count). The van der Waals surface area contributed by atoms with E-state index in [1.165, 1.54) is 5.56 Å². The smallest absolute Gasteiger partial charge is 0.251 e. The molecule has 0 radical (unpaired) electrons. The summed E-state index contributed by atoms with van der Waals surface area (Å²) in [6.45, 7) is 3.12. The lowest BCUT2D eigenvalue weighted by atomic mass is 10.0. The molecule has 5 heteroatoms. The Bertz CT molecular complexity index is 928. The third-order valence-corrected chi connectivity index (χ3v) is 5.35. The van der Waals surface area contributed by atoms with Crippen LogP contribution in [0.2, 0.25) is 0 Å². The molecule has 1 aromatic heterocycles. The Hall–Kier alpha value is -2.79. The second-order valence-electron chi connectivity index (χ2n) is 7.46. The first kappa shape index (κ1) is 18.6. The number of aromatic nitrogens is 2. The van der Waals surface area contributed by atoms with Crippen molar-refractivity contribution < 1.29 is 4.79 Å². The lowest BCUT2D eigenvalue weighted by molar-refractivity contribution is 0.0903. The van der Waals surface area contributed by atoms with E-state index in [9.17, 15) is 4.79 Å². The van der Waals surface area contributed by atoms with Crippen LogP contribution in [0, 0.1) is 0 Å². The minimum Gasteiger partial charge on any atom is -0.348 e. The molecule has 5 nitrogen and oxygen atoms in total. The van der Waals surface area contributed by atoms with Crippen molar-refractivity contribution in [3.05, 3.63) is 72.1 Å². The molecule has 1 amide bonds. The standard InChI is InChI=1S/C23H26N4O/c28-23(19-10-11-21-22(16-19)25-13-12-24-21)26-20-9-5-15-27(17-20)14-4-8-18-6-2-1-3-7-18/h1-3,6-7,10-13,16,20H,4-5,8-9,14-15,17H2,(H,26,28). The maximum atomic E-state index is 12.7. The Kier molecular flexibility index (Phi) is 5.92. The van der Waals surface area contributed by atoms with Gasteiger partial charge in [-0.3, -0.25) is 14.8 Å². The fourth-order valence-electron chi connectivity index (χ4n) is 3.90. The molecule has 2 aromatic carbocycles. The third-order valence-electron chi connectivity index (χ3n) is 5.35. The lowest BCUT2D eigenvalue weighted by Gasteiger charge is -2.33. The van der Waals surface area contributed by atoms with Gasteiger partial charge in [-0.25, -0.2) is 0 Å². The second kappa shape index (κ2) is 8.93. The molecule has 144 valence electrons. The summed E-state index contributed by atoms with van der Waals surface area (Å²) < 4.78 is 0. The Labute approximate surface area is 165 Å². The van der Waals surface area contributed by atoms with E-state index in [-0.39, 0.29) is 11.9 Å². The molecule has 3 aromatic rings. The minimum absolute atomic E-state index is 0.0244. The van der Waals surface area contributed by atoms with Crippen LogP contribution in [-0.2, 0) is 6.42 Å². The molecule has 1 atom stereocenters. The first-order valence-corrected chi connectivity index (χ1v) is 10.1. The highest BCUT2D eigenvalue weighted by Gasteiger charge is 2.21. The van der Waals surface area contributed by atoms with Crippen LogP contribution in [0.15, 0.2) is 60.9 Å². The summed E-state index contributed by atoms with van der Waals surface area (Å²) in [5.41, 5.74) is 3.60. The molecule has 2 heterocycles. The Morgan fingerprint density at radius 1 is 1.07 bits per heavy atom. The molecule has 1 N–H and O–H groups in total. The molecule has 1 aliphatic rings. The van der Waals surface area contributed by atoms with Crippen molar-refractivity contribution in [2.45, 2.75) is 31.7 Å². The summed E-state index contributed by atoms with van der Waals surface area (Å²) in [6, 6.07) is 16.3. The van der Waals surface area contributed by atoms with Gasteiger partial charge in [-0.15, -0.1) is 0 Å². The summed E-state index contributed by atoms with van der Waals surface area (Å²) in [5, 5.41) is 3.21. The van der Waals surface area contributed by atoms with Gasteiger partial charge >= 0.3 is 0 Å². The fraction of sp³-hybridized carbons (Fsp3) is 0.348. The van der Waals surface area contributed by atoms with E-state index in [1.54, 1.807) is 12.4 Å². The van der Waals surface area contributed by atoms with Gasteiger partial charge in [-0.05, 0) is 62.5 Å². The number of amides is 1. The van der Waals surface area contributed by atoms with E-state index < -0.39 is 0 Å². The first-order valence-electron chi connectivity index (χ1n) is 10.1. The largest absolute Gasteiger partial charge is 0.348 e. The van der Waals surface area contributed by atoms with Gasteiger partial charge in [-0.1, -0.05) is 30.3 Å². The Morgan fingerprint density at radius 3 is 2.75 bits per heavy atom. The van der Waals surface area contributed by atoms with Gasteiger partial charge in [0.05, 0.1) is 11.0 Å². The van der Waals surface area contributed by atoms with Crippen molar-refractivity contribution in [1.82, 2.24) is 20.2 Å². The predicted molar refractivity (Wildman–Crippen MR) is 111 cm³/mol. The molecule has 0 spiro atoms. The number of nitrogens with zero attached hydrogens (tertiary/aromatic N) is 3. The molecule has 0 aliphatic carbocycles. The van der Waals surface area contributed by atoms with E-state index >= 15 is 0 Å². The van der Waals surface area contributed by atoms with Crippen LogP contribution < -0.4 is 5.32 Å². The fourth-order valence-corrected chi connectivity index (χ4v) is 3.90. The predicted octanol–water partition coefficient (Wildman–Crippen LogP) is 3.46. The normalized spacial score (nSPS) is 17.5. The number of aryl methyl sites for hydroxylation is 1. The molecule has 0 saturated carbocycles. The van der Waals surface area contributed by atoms with Crippen molar-refractivity contribution in [2.24, 2.45) is 0 Å². The van der Waals surface area contributed by atoms with Gasteiger partial charge in [0.1, 0.15) is 0 Å². The van der Waals surface area contributed by atoms with Crippen molar-refractivity contribution >= 4 is 16.9 Å². The van der Waals surface area contributed by atoms with Crippen molar-refractivity contribution in [2.75, 3.05) is 19.6 Å². The van der Waals surface area contributed by atoms with Gasteiger partial charge in [0.25, 0.3) is 5.91 Å². The van der Waals surface area contributed by atoms with Gasteiger partial charge in [0, 0.05) is 30.5 Å². The van der Waals surface area contributed by atoms with E-state index in [2.05, 4.69) is 50.5 Å². The SMILES string of the molecule is O=C(NC1CCCN(CCCc2ccccc2)C1)c1ccc2nccnc2c1. The maximum absolute atomic E-state index is 12.7. The maximum Gasteiger partial charge on any atom is 0.251 e. The second-order valence-corrected chi connectivity index (χ2v) is 7.46. The molecule has 28 heavy (non-hydrogen) atoms. The number of benzene rings is 2. The van der Waals surface area contributed by atoms with Gasteiger partial charge < -0.3 is 10.2 Å². The number of likely N-dealkylation sites (tertiary alicyclic amines) is 1. The number of rotatable bonds is 6. The zero-order valence-electron chi connectivity index (χ0n) is 16.1. The number of nitrogens with one attached hydrogen (secondary N) is 1. The van der Waals surface area contributed by atoms with E-state index in [4.69, 9.17) is 0 Å². The lowest BCUT2D eigenvalue weighted by Crippen LogP contribution is -2.47. The average molecular weight is 374 g/mol. The Balaban J connectivity index is 1.29. The van der Waals surface area contributed by atoms with Crippen LogP contribution >= 0.6 is 0 Å². The Morgan fingerprint density at radius 2 is 1.89 bits per heavy atom. The number of piperidine rings is 1. The third kappa shape index (κ3) is 4.73. The van der Waals surface area contributed by atoms with Crippen LogP contribution in [0.25, 0.3) is 11.0 Å². The molecular formula is C23H26N4O. The van der Waals surface area contributed by atoms with Crippen LogP contribution in [-0.4, -0.2) is 46.5 Å². The number of carbonyl (C=O) groups excluding carboxylic acids is 1. The van der Waals surface area contributed by atoms with Crippen LogP contribution in [0.4, 0.5) is 0 Å². The quantitative estimate of drug-likeness (QED) is 0.718. The van der Waals surface area contributed by atoms with Crippen molar-refractivity contribution in [3.63, 3.8) is 0 Å². The average Bonchev–Trinajstić information content (AvgIpc) is 2.74. The van der Waals surface area contributed by atoms with Crippen molar-refractivity contribution in [1.29, 1.82) is 0 Å². The minimum atomic E-state index is -0.0244.